The zero-order valence-electron chi connectivity index (χ0n) is 17.1. The summed E-state index contributed by atoms with van der Waals surface area (Å²) in [5, 5.41) is 19.5. The zero-order chi connectivity index (χ0) is 21.6. The highest BCUT2D eigenvalue weighted by Gasteiger charge is 2.31. The van der Waals surface area contributed by atoms with Gasteiger partial charge in [0.25, 0.3) is 0 Å². The number of likely N-dealkylation sites (N-methyl/N-ethyl adjacent to an activating group) is 1. The van der Waals surface area contributed by atoms with Crippen LogP contribution in [0.2, 0.25) is 0 Å². The minimum Gasteiger partial charge on any atom is -0.508 e. The van der Waals surface area contributed by atoms with E-state index < -0.39 is 23.7 Å². The molecule has 0 heterocycles. The number of carboxylic acids is 1. The summed E-state index contributed by atoms with van der Waals surface area (Å²) < 4.78 is 11.1. The zero-order valence-corrected chi connectivity index (χ0v) is 17.1. The van der Waals surface area contributed by atoms with Crippen LogP contribution in [0.4, 0.5) is 4.79 Å². The van der Waals surface area contributed by atoms with Crippen molar-refractivity contribution in [3.63, 3.8) is 0 Å². The second-order valence-electron chi connectivity index (χ2n) is 7.72. The van der Waals surface area contributed by atoms with Crippen molar-refractivity contribution in [3.8, 4) is 11.5 Å². The first-order chi connectivity index (χ1) is 13.6. The number of hydrogen-bond acceptors (Lipinski definition) is 5. The van der Waals surface area contributed by atoms with Crippen LogP contribution in [0.3, 0.4) is 0 Å². The fourth-order valence-electron chi connectivity index (χ4n) is 2.64. The quantitative estimate of drug-likeness (QED) is 0.732. The molecule has 0 saturated heterocycles. The van der Waals surface area contributed by atoms with Gasteiger partial charge in [-0.15, -0.1) is 0 Å². The van der Waals surface area contributed by atoms with Crippen LogP contribution < -0.4 is 4.74 Å². The molecule has 1 unspecified atom stereocenters. The number of rotatable bonds is 7. The van der Waals surface area contributed by atoms with E-state index in [1.165, 1.54) is 19.2 Å². The predicted molar refractivity (Wildman–Crippen MR) is 108 cm³/mol. The van der Waals surface area contributed by atoms with Gasteiger partial charge in [0.15, 0.2) is 0 Å². The Labute approximate surface area is 170 Å². The van der Waals surface area contributed by atoms with E-state index in [9.17, 15) is 19.8 Å². The van der Waals surface area contributed by atoms with Crippen molar-refractivity contribution in [2.45, 2.75) is 45.4 Å². The number of ether oxygens (including phenoxy) is 2. The van der Waals surface area contributed by atoms with Crippen LogP contribution in [0.25, 0.3) is 0 Å². The van der Waals surface area contributed by atoms with Gasteiger partial charge in [0, 0.05) is 19.5 Å². The number of amides is 1. The van der Waals surface area contributed by atoms with Gasteiger partial charge in [-0.2, -0.15) is 0 Å². The fourth-order valence-corrected chi connectivity index (χ4v) is 2.64. The average molecular weight is 401 g/mol. The molecule has 0 aliphatic rings. The predicted octanol–water partition coefficient (Wildman–Crippen LogP) is 3.83. The number of carbonyl (C=O) groups is 2. The number of hydrogen-bond donors (Lipinski definition) is 2. The molecule has 0 saturated carbocycles. The van der Waals surface area contributed by atoms with Crippen LogP contribution >= 0.6 is 0 Å². The van der Waals surface area contributed by atoms with Crippen LogP contribution in [0.5, 0.6) is 11.5 Å². The van der Waals surface area contributed by atoms with Crippen molar-refractivity contribution >= 4 is 12.1 Å². The molecule has 0 aliphatic carbocycles. The van der Waals surface area contributed by atoms with Crippen LogP contribution in [0.1, 0.15) is 31.9 Å². The number of phenolic OH excluding ortho intramolecular Hbond substituents is 1. The molecule has 1 atom stereocenters. The second-order valence-corrected chi connectivity index (χ2v) is 7.72. The van der Waals surface area contributed by atoms with Gasteiger partial charge in [0.2, 0.25) is 0 Å². The first-order valence-corrected chi connectivity index (χ1v) is 9.24. The standard InChI is InChI=1S/C22H27NO6/c1-22(2,3)29-21(27)23(4)18(20(25)26)12-16-10-11-17(24)13-19(16)28-14-15-8-6-5-7-9-15/h5-11,13,18,24H,12,14H2,1-4H3,(H,25,26). The molecule has 0 spiro atoms. The van der Waals surface area contributed by atoms with Crippen molar-refractivity contribution in [2.75, 3.05) is 7.05 Å². The molecular weight excluding hydrogens is 374 g/mol. The van der Waals surface area contributed by atoms with Crippen LogP contribution in [-0.2, 0) is 22.6 Å². The Bertz CT molecular complexity index is 844. The summed E-state index contributed by atoms with van der Waals surface area (Å²) in [6.07, 6.45) is -0.731. The summed E-state index contributed by atoms with van der Waals surface area (Å²) in [6, 6.07) is 12.8. The molecule has 1 amide bonds. The normalized spacial score (nSPS) is 12.1. The van der Waals surface area contributed by atoms with Crippen molar-refractivity contribution in [2.24, 2.45) is 0 Å². The Hall–Kier alpha value is -3.22. The lowest BCUT2D eigenvalue weighted by molar-refractivity contribution is -0.142. The molecule has 7 heteroatoms. The van der Waals surface area contributed by atoms with E-state index in [2.05, 4.69) is 0 Å². The van der Waals surface area contributed by atoms with Crippen molar-refractivity contribution in [3.05, 3.63) is 59.7 Å². The minimum absolute atomic E-state index is 0.00387. The Morgan fingerprint density at radius 3 is 2.34 bits per heavy atom. The summed E-state index contributed by atoms with van der Waals surface area (Å²) in [5.41, 5.74) is 0.751. The van der Waals surface area contributed by atoms with Gasteiger partial charge < -0.3 is 19.7 Å². The van der Waals surface area contributed by atoms with Crippen LogP contribution in [0.15, 0.2) is 48.5 Å². The SMILES string of the molecule is CN(C(=O)OC(C)(C)C)C(Cc1ccc(O)cc1OCc1ccccc1)C(=O)O. The Morgan fingerprint density at radius 1 is 1.10 bits per heavy atom. The summed E-state index contributed by atoms with van der Waals surface area (Å²) in [7, 11) is 1.39. The molecule has 0 aromatic heterocycles. The van der Waals surface area contributed by atoms with E-state index in [0.717, 1.165) is 10.5 Å². The lowest BCUT2D eigenvalue weighted by atomic mass is 10.0. The number of carboxylic acid groups (broad SMARTS) is 1. The van der Waals surface area contributed by atoms with E-state index >= 15 is 0 Å². The minimum atomic E-state index is -1.17. The van der Waals surface area contributed by atoms with Crippen LogP contribution in [0, 0.1) is 0 Å². The van der Waals surface area contributed by atoms with E-state index in [4.69, 9.17) is 9.47 Å². The maximum Gasteiger partial charge on any atom is 0.410 e. The van der Waals surface area contributed by atoms with Gasteiger partial charge in [-0.05, 0) is 38.0 Å². The first kappa shape index (κ1) is 22.1. The molecule has 156 valence electrons. The number of aromatic hydroxyl groups is 1. The largest absolute Gasteiger partial charge is 0.508 e. The Kier molecular flexibility index (Phi) is 7.09. The molecule has 0 bridgehead atoms. The molecule has 29 heavy (non-hydrogen) atoms. The third-order valence-electron chi connectivity index (χ3n) is 4.14. The van der Waals surface area contributed by atoms with Gasteiger partial charge in [0.1, 0.15) is 29.7 Å². The van der Waals surface area contributed by atoms with E-state index in [-0.39, 0.29) is 18.8 Å². The highest BCUT2D eigenvalue weighted by atomic mass is 16.6. The Morgan fingerprint density at radius 2 is 1.76 bits per heavy atom. The van der Waals surface area contributed by atoms with E-state index in [1.54, 1.807) is 26.8 Å². The fraction of sp³-hybridized carbons (Fsp3) is 0.364. The topological polar surface area (TPSA) is 96.3 Å². The number of carbonyl (C=O) groups excluding carboxylic acids is 1. The molecule has 2 aromatic carbocycles. The monoisotopic (exact) mass is 401 g/mol. The summed E-state index contributed by atoms with van der Waals surface area (Å²) >= 11 is 0. The molecule has 0 fully saturated rings. The maximum absolute atomic E-state index is 12.3. The van der Waals surface area contributed by atoms with Gasteiger partial charge in [0.05, 0.1) is 0 Å². The second kappa shape index (κ2) is 9.32. The smallest absolute Gasteiger partial charge is 0.410 e. The highest BCUT2D eigenvalue weighted by molar-refractivity contribution is 5.80. The molecule has 2 aromatic rings. The van der Waals surface area contributed by atoms with Crippen molar-refractivity contribution < 1.29 is 29.3 Å². The third-order valence-corrected chi connectivity index (χ3v) is 4.14. The van der Waals surface area contributed by atoms with Gasteiger partial charge in [-0.1, -0.05) is 36.4 Å². The maximum atomic E-state index is 12.3. The average Bonchev–Trinajstić information content (AvgIpc) is 2.64. The van der Waals surface area contributed by atoms with Gasteiger partial charge >= 0.3 is 12.1 Å². The molecule has 0 radical (unpaired) electrons. The summed E-state index contributed by atoms with van der Waals surface area (Å²) in [6.45, 7) is 5.40. The van der Waals surface area contributed by atoms with Gasteiger partial charge in [-0.25, -0.2) is 9.59 Å². The molecule has 2 N–H and O–H groups in total. The lowest BCUT2D eigenvalue weighted by Crippen LogP contribution is -2.46. The number of nitrogens with zero attached hydrogens (tertiary/aromatic N) is 1. The Balaban J connectivity index is 2.20. The van der Waals surface area contributed by atoms with Crippen molar-refractivity contribution in [1.29, 1.82) is 0 Å². The van der Waals surface area contributed by atoms with E-state index in [0.29, 0.717) is 11.3 Å². The number of benzene rings is 2. The van der Waals surface area contributed by atoms with Crippen LogP contribution in [-0.4, -0.2) is 45.9 Å². The summed E-state index contributed by atoms with van der Waals surface area (Å²) in [4.78, 5) is 25.2. The summed E-state index contributed by atoms with van der Waals surface area (Å²) in [5.74, 6) is -0.803. The molecule has 7 nitrogen and oxygen atoms in total. The van der Waals surface area contributed by atoms with Crippen molar-refractivity contribution in [1.82, 2.24) is 4.90 Å². The lowest BCUT2D eigenvalue weighted by Gasteiger charge is -2.29. The third kappa shape index (κ3) is 6.71. The molecule has 0 aliphatic heterocycles. The highest BCUT2D eigenvalue weighted by Crippen LogP contribution is 2.27. The number of aliphatic carboxylic acids is 1. The molecular formula is C22H27NO6. The van der Waals surface area contributed by atoms with Gasteiger partial charge in [-0.3, -0.25) is 4.90 Å². The molecule has 2 rings (SSSR count). The van der Waals surface area contributed by atoms with E-state index in [1.807, 2.05) is 30.3 Å². The first-order valence-electron chi connectivity index (χ1n) is 9.24. The number of phenols is 1.